The summed E-state index contributed by atoms with van der Waals surface area (Å²) in [6, 6.07) is 8.60. The van der Waals surface area contributed by atoms with Gasteiger partial charge in [0.25, 0.3) is 0 Å². The van der Waals surface area contributed by atoms with Crippen molar-refractivity contribution in [3.8, 4) is 0 Å². The average molecular weight is 363 g/mol. The van der Waals surface area contributed by atoms with Gasteiger partial charge in [-0.05, 0) is 36.8 Å². The van der Waals surface area contributed by atoms with Gasteiger partial charge in [0.15, 0.2) is 0 Å². The van der Waals surface area contributed by atoms with Crippen LogP contribution in [0.2, 0.25) is 0 Å². The molecular weight excluding hydrogens is 328 g/mol. The molecule has 3 rings (SSSR count). The van der Waals surface area contributed by atoms with Gasteiger partial charge in [0, 0.05) is 24.0 Å². The Bertz CT molecular complexity index is 479. The third-order valence-corrected chi connectivity index (χ3v) is 6.25. The second kappa shape index (κ2) is 9.32. The summed E-state index contributed by atoms with van der Waals surface area (Å²) in [5.74, 6) is 0. The summed E-state index contributed by atoms with van der Waals surface area (Å²) in [5.41, 5.74) is 2.89. The van der Waals surface area contributed by atoms with Gasteiger partial charge in [-0.25, -0.2) is 0 Å². The lowest BCUT2D eigenvalue weighted by molar-refractivity contribution is 0.0219. The highest BCUT2D eigenvalue weighted by atomic mass is 16.5. The van der Waals surface area contributed by atoms with Crippen LogP contribution in [-0.2, 0) is 32.2 Å². The Kier molecular flexibility index (Phi) is 7.10. The van der Waals surface area contributed by atoms with Gasteiger partial charge in [-0.3, -0.25) is 0 Å². The Morgan fingerprint density at radius 3 is 1.50 bits per heavy atom. The van der Waals surface area contributed by atoms with Crippen molar-refractivity contribution >= 4 is 0 Å². The van der Waals surface area contributed by atoms with E-state index < -0.39 is 0 Å². The molecule has 2 heterocycles. The average Bonchev–Trinajstić information content (AvgIpc) is 3.34. The molecule has 4 heteroatoms. The second-order valence-electron chi connectivity index (χ2n) is 8.11. The molecule has 2 saturated heterocycles. The highest BCUT2D eigenvalue weighted by molar-refractivity contribution is 5.21. The summed E-state index contributed by atoms with van der Waals surface area (Å²) in [7, 11) is 0. The molecular formula is C22H34O4. The molecule has 26 heavy (non-hydrogen) atoms. The Hall–Kier alpha value is -0.940. The molecule has 0 N–H and O–H groups in total. The zero-order chi connectivity index (χ0) is 18.3. The second-order valence-corrected chi connectivity index (χ2v) is 8.11. The maximum atomic E-state index is 5.99. The van der Waals surface area contributed by atoms with Crippen molar-refractivity contribution < 1.29 is 18.9 Å². The standard InChI is InChI=1S/C22H34O4/c1-3-21(9-11-23-15-21)17-25-13-19-5-7-20(8-6-19)14-26-18-22(4-2)10-12-24-16-22/h5-8H,3-4,9-18H2,1-2H3. The van der Waals surface area contributed by atoms with Crippen LogP contribution in [0.25, 0.3) is 0 Å². The number of hydrogen-bond donors (Lipinski definition) is 0. The van der Waals surface area contributed by atoms with Gasteiger partial charge in [0.05, 0.1) is 39.6 Å². The largest absolute Gasteiger partial charge is 0.381 e. The van der Waals surface area contributed by atoms with E-state index in [2.05, 4.69) is 38.1 Å². The summed E-state index contributed by atoms with van der Waals surface area (Å²) in [4.78, 5) is 0. The van der Waals surface area contributed by atoms with Gasteiger partial charge in [-0.15, -0.1) is 0 Å². The first-order valence-electron chi connectivity index (χ1n) is 10.1. The number of rotatable bonds is 10. The van der Waals surface area contributed by atoms with Crippen LogP contribution in [-0.4, -0.2) is 39.6 Å². The van der Waals surface area contributed by atoms with E-state index in [1.54, 1.807) is 0 Å². The van der Waals surface area contributed by atoms with E-state index in [9.17, 15) is 0 Å². The van der Waals surface area contributed by atoms with Crippen LogP contribution in [0.5, 0.6) is 0 Å². The normalized spacial score (nSPS) is 28.7. The van der Waals surface area contributed by atoms with Crippen molar-refractivity contribution in [3.63, 3.8) is 0 Å². The molecule has 146 valence electrons. The molecule has 2 fully saturated rings. The molecule has 2 atom stereocenters. The first-order valence-corrected chi connectivity index (χ1v) is 10.1. The molecule has 0 aliphatic carbocycles. The molecule has 0 radical (unpaired) electrons. The molecule has 2 aliphatic rings. The zero-order valence-electron chi connectivity index (χ0n) is 16.4. The van der Waals surface area contributed by atoms with Crippen LogP contribution >= 0.6 is 0 Å². The maximum Gasteiger partial charge on any atom is 0.0717 e. The molecule has 0 aromatic heterocycles. The minimum atomic E-state index is 0.229. The minimum Gasteiger partial charge on any atom is -0.381 e. The van der Waals surface area contributed by atoms with Gasteiger partial charge in [0.2, 0.25) is 0 Å². The molecule has 0 bridgehead atoms. The highest BCUT2D eigenvalue weighted by Gasteiger charge is 2.34. The summed E-state index contributed by atoms with van der Waals surface area (Å²) < 4.78 is 23.1. The highest BCUT2D eigenvalue weighted by Crippen LogP contribution is 2.33. The number of ether oxygens (including phenoxy) is 4. The topological polar surface area (TPSA) is 36.9 Å². The van der Waals surface area contributed by atoms with Crippen LogP contribution in [0.1, 0.15) is 50.7 Å². The molecule has 1 aromatic rings. The van der Waals surface area contributed by atoms with E-state index in [0.29, 0.717) is 13.2 Å². The van der Waals surface area contributed by atoms with Gasteiger partial charge in [0.1, 0.15) is 0 Å². The summed E-state index contributed by atoms with van der Waals surface area (Å²) in [5, 5.41) is 0. The predicted molar refractivity (Wildman–Crippen MR) is 102 cm³/mol. The van der Waals surface area contributed by atoms with E-state index in [4.69, 9.17) is 18.9 Å². The van der Waals surface area contributed by atoms with E-state index in [1.807, 2.05) is 0 Å². The predicted octanol–water partition coefficient (Wildman–Crippen LogP) is 4.35. The summed E-state index contributed by atoms with van der Waals surface area (Å²) in [6.45, 7) is 10.8. The van der Waals surface area contributed by atoms with Crippen LogP contribution in [0.3, 0.4) is 0 Å². The van der Waals surface area contributed by atoms with Gasteiger partial charge in [-0.2, -0.15) is 0 Å². The lowest BCUT2D eigenvalue weighted by atomic mass is 9.85. The molecule has 1 aromatic carbocycles. The van der Waals surface area contributed by atoms with Crippen LogP contribution < -0.4 is 0 Å². The van der Waals surface area contributed by atoms with Crippen molar-refractivity contribution in [1.82, 2.24) is 0 Å². The van der Waals surface area contributed by atoms with E-state index in [0.717, 1.165) is 65.3 Å². The number of benzene rings is 1. The minimum absolute atomic E-state index is 0.229. The van der Waals surface area contributed by atoms with Crippen molar-refractivity contribution in [2.75, 3.05) is 39.6 Å². The Morgan fingerprint density at radius 2 is 1.19 bits per heavy atom. The quantitative estimate of drug-likeness (QED) is 0.620. The van der Waals surface area contributed by atoms with Crippen LogP contribution in [0, 0.1) is 10.8 Å². The van der Waals surface area contributed by atoms with E-state index in [-0.39, 0.29) is 10.8 Å². The van der Waals surface area contributed by atoms with Gasteiger partial charge in [-0.1, -0.05) is 38.1 Å². The van der Waals surface area contributed by atoms with E-state index in [1.165, 1.54) is 11.1 Å². The zero-order valence-corrected chi connectivity index (χ0v) is 16.4. The van der Waals surface area contributed by atoms with Crippen LogP contribution in [0.4, 0.5) is 0 Å². The summed E-state index contributed by atoms with van der Waals surface area (Å²) in [6.07, 6.45) is 4.47. The molecule has 4 nitrogen and oxygen atoms in total. The monoisotopic (exact) mass is 362 g/mol. The fourth-order valence-corrected chi connectivity index (χ4v) is 3.79. The first kappa shape index (κ1) is 19.8. The van der Waals surface area contributed by atoms with Crippen molar-refractivity contribution in [2.24, 2.45) is 10.8 Å². The lowest BCUT2D eigenvalue weighted by Gasteiger charge is -2.25. The Morgan fingerprint density at radius 1 is 0.769 bits per heavy atom. The van der Waals surface area contributed by atoms with Crippen molar-refractivity contribution in [2.45, 2.75) is 52.7 Å². The third kappa shape index (κ3) is 5.07. The molecule has 0 spiro atoms. The fraction of sp³-hybridized carbons (Fsp3) is 0.727. The molecule has 2 aliphatic heterocycles. The Balaban J connectivity index is 1.39. The third-order valence-electron chi connectivity index (χ3n) is 6.25. The number of hydrogen-bond acceptors (Lipinski definition) is 4. The van der Waals surface area contributed by atoms with Gasteiger partial charge < -0.3 is 18.9 Å². The summed E-state index contributed by atoms with van der Waals surface area (Å²) >= 11 is 0. The smallest absolute Gasteiger partial charge is 0.0717 e. The SMILES string of the molecule is CCC1(COCc2ccc(COCC3(CC)CCOC3)cc2)CCOC1. The maximum absolute atomic E-state index is 5.99. The van der Waals surface area contributed by atoms with Gasteiger partial charge >= 0.3 is 0 Å². The van der Waals surface area contributed by atoms with E-state index >= 15 is 0 Å². The fourth-order valence-electron chi connectivity index (χ4n) is 3.79. The van der Waals surface area contributed by atoms with Crippen LogP contribution in [0.15, 0.2) is 24.3 Å². The first-order chi connectivity index (χ1) is 12.7. The molecule has 2 unspecified atom stereocenters. The Labute approximate surface area is 158 Å². The lowest BCUT2D eigenvalue weighted by Crippen LogP contribution is -2.26. The molecule has 0 saturated carbocycles. The van der Waals surface area contributed by atoms with Crippen molar-refractivity contribution in [1.29, 1.82) is 0 Å². The molecule has 0 amide bonds. The van der Waals surface area contributed by atoms with Crippen molar-refractivity contribution in [3.05, 3.63) is 35.4 Å².